The van der Waals surface area contributed by atoms with Gasteiger partial charge in [-0.25, -0.2) is 0 Å². The number of aliphatic imine (C=N–C) groups is 1. The lowest BCUT2D eigenvalue weighted by Crippen LogP contribution is -2.17. The third kappa shape index (κ3) is 3.11. The van der Waals surface area contributed by atoms with Crippen molar-refractivity contribution in [3.05, 3.63) is 45.5 Å². The number of nitrogens with two attached hydrogens (primary N) is 2. The van der Waals surface area contributed by atoms with E-state index in [9.17, 15) is 10.1 Å². The maximum absolute atomic E-state index is 10.5. The molecule has 0 bridgehead atoms. The molecule has 0 atom stereocenters. The molecule has 0 aliphatic heterocycles. The van der Waals surface area contributed by atoms with Gasteiger partial charge in [0.15, 0.2) is 0 Å². The Labute approximate surface area is 109 Å². The van der Waals surface area contributed by atoms with Crippen LogP contribution in [0.3, 0.4) is 0 Å². The molecular formula is C11H12N4O2S. The summed E-state index contributed by atoms with van der Waals surface area (Å²) in [5, 5.41) is 10.5. The average Bonchev–Trinajstić information content (AvgIpc) is 2.35. The van der Waals surface area contributed by atoms with Gasteiger partial charge >= 0.3 is 0 Å². The first-order valence-electron chi connectivity index (χ1n) is 4.94. The fraction of sp³-hybridized carbons (Fsp3) is 0.0909. The van der Waals surface area contributed by atoms with Crippen LogP contribution < -0.4 is 11.5 Å². The zero-order valence-corrected chi connectivity index (χ0v) is 10.5. The van der Waals surface area contributed by atoms with Gasteiger partial charge in [-0.3, -0.25) is 15.1 Å². The molecular weight excluding hydrogens is 252 g/mol. The topological polar surface area (TPSA) is 108 Å². The molecule has 1 rings (SSSR count). The van der Waals surface area contributed by atoms with Crippen molar-refractivity contribution in [3.63, 3.8) is 0 Å². The number of nitrogens with zero attached hydrogens (tertiary/aromatic N) is 2. The molecule has 1 aromatic rings. The molecule has 0 saturated heterocycles. The predicted octanol–water partition coefficient (Wildman–Crippen LogP) is 1.25. The van der Waals surface area contributed by atoms with Crippen molar-refractivity contribution in [1.82, 2.24) is 0 Å². The first-order valence-corrected chi connectivity index (χ1v) is 5.34. The van der Waals surface area contributed by atoms with Gasteiger partial charge in [-0.05, 0) is 17.7 Å². The number of hydrogen-bond acceptors (Lipinski definition) is 5. The Morgan fingerprint density at radius 1 is 1.39 bits per heavy atom. The van der Waals surface area contributed by atoms with Crippen LogP contribution in [-0.2, 0) is 0 Å². The molecule has 0 saturated carbocycles. The van der Waals surface area contributed by atoms with Gasteiger partial charge in [0.25, 0.3) is 5.69 Å². The van der Waals surface area contributed by atoms with Crippen LogP contribution in [0.5, 0.6) is 0 Å². The summed E-state index contributed by atoms with van der Waals surface area (Å²) >= 11 is 4.87. The minimum absolute atomic E-state index is 0.00687. The van der Waals surface area contributed by atoms with Crippen molar-refractivity contribution >= 4 is 34.8 Å². The SMILES string of the molecule is C/N=C\C(C(N)=S)=C(/N)c1ccc([N+](=O)[O-])cc1. The number of nitro groups is 1. The zero-order valence-electron chi connectivity index (χ0n) is 9.66. The van der Waals surface area contributed by atoms with E-state index < -0.39 is 4.92 Å². The third-order valence-corrected chi connectivity index (χ3v) is 2.42. The second kappa shape index (κ2) is 5.87. The molecule has 0 amide bonds. The summed E-state index contributed by atoms with van der Waals surface area (Å²) in [6.45, 7) is 0. The second-order valence-corrected chi connectivity index (χ2v) is 3.82. The van der Waals surface area contributed by atoms with Gasteiger partial charge < -0.3 is 11.5 Å². The van der Waals surface area contributed by atoms with E-state index in [0.717, 1.165) is 0 Å². The van der Waals surface area contributed by atoms with Gasteiger partial charge in [0.1, 0.15) is 4.99 Å². The summed E-state index contributed by atoms with van der Waals surface area (Å²) in [4.78, 5) is 14.0. The van der Waals surface area contributed by atoms with E-state index >= 15 is 0 Å². The normalized spacial score (nSPS) is 12.3. The molecule has 0 aliphatic rings. The van der Waals surface area contributed by atoms with Crippen LogP contribution in [-0.4, -0.2) is 23.2 Å². The van der Waals surface area contributed by atoms with Crippen LogP contribution >= 0.6 is 12.2 Å². The molecule has 0 aliphatic carbocycles. The molecule has 1 aromatic carbocycles. The monoisotopic (exact) mass is 264 g/mol. The average molecular weight is 264 g/mol. The maximum atomic E-state index is 10.5. The number of benzene rings is 1. The molecule has 4 N–H and O–H groups in total. The molecule has 0 fully saturated rings. The van der Waals surface area contributed by atoms with Crippen molar-refractivity contribution in [2.24, 2.45) is 16.5 Å². The standard InChI is InChI=1S/C11H12N4O2S/c1-14-6-9(11(13)18)10(12)7-2-4-8(5-3-7)15(16)17/h2-6H,12H2,1H3,(H2,13,18)/b10-9+,14-6-. The van der Waals surface area contributed by atoms with Crippen LogP contribution in [0.25, 0.3) is 5.70 Å². The maximum Gasteiger partial charge on any atom is 0.269 e. The fourth-order valence-corrected chi connectivity index (χ4v) is 1.48. The van der Waals surface area contributed by atoms with Crippen molar-refractivity contribution in [2.75, 3.05) is 7.05 Å². The zero-order chi connectivity index (χ0) is 13.7. The predicted molar refractivity (Wildman–Crippen MR) is 75.4 cm³/mol. The molecule has 7 heteroatoms. The van der Waals surface area contributed by atoms with E-state index in [1.807, 2.05) is 0 Å². The van der Waals surface area contributed by atoms with Crippen LogP contribution in [0.15, 0.2) is 34.8 Å². The van der Waals surface area contributed by atoms with Crippen LogP contribution in [0.1, 0.15) is 5.56 Å². The molecule has 0 heterocycles. The second-order valence-electron chi connectivity index (χ2n) is 3.38. The molecule has 0 aromatic heterocycles. The Hall–Kier alpha value is -2.28. The van der Waals surface area contributed by atoms with Gasteiger partial charge in [0, 0.05) is 25.4 Å². The lowest BCUT2D eigenvalue weighted by Gasteiger charge is -2.06. The third-order valence-electron chi connectivity index (χ3n) is 2.20. The summed E-state index contributed by atoms with van der Waals surface area (Å²) in [6, 6.07) is 5.80. The summed E-state index contributed by atoms with van der Waals surface area (Å²) < 4.78 is 0. The first kappa shape index (κ1) is 13.8. The lowest BCUT2D eigenvalue weighted by atomic mass is 10.1. The lowest BCUT2D eigenvalue weighted by molar-refractivity contribution is -0.384. The minimum atomic E-state index is -0.480. The molecule has 6 nitrogen and oxygen atoms in total. The summed E-state index contributed by atoms with van der Waals surface area (Å²) in [5.41, 5.74) is 12.8. The molecule has 0 spiro atoms. The quantitative estimate of drug-likeness (QED) is 0.280. The van der Waals surface area contributed by atoms with E-state index in [2.05, 4.69) is 4.99 Å². The number of hydrogen-bond donors (Lipinski definition) is 2. The van der Waals surface area contributed by atoms with E-state index in [1.165, 1.54) is 30.5 Å². The smallest absolute Gasteiger partial charge is 0.269 e. The van der Waals surface area contributed by atoms with E-state index in [0.29, 0.717) is 16.8 Å². The van der Waals surface area contributed by atoms with Crippen molar-refractivity contribution in [3.8, 4) is 0 Å². The van der Waals surface area contributed by atoms with E-state index in [4.69, 9.17) is 23.7 Å². The first-order chi connectivity index (χ1) is 8.47. The highest BCUT2D eigenvalue weighted by Gasteiger charge is 2.09. The van der Waals surface area contributed by atoms with Crippen molar-refractivity contribution in [2.45, 2.75) is 0 Å². The fourth-order valence-electron chi connectivity index (χ4n) is 1.31. The molecule has 0 radical (unpaired) electrons. The number of thiocarbonyl (C=S) groups is 1. The minimum Gasteiger partial charge on any atom is -0.398 e. The Bertz CT molecular complexity index is 534. The highest BCUT2D eigenvalue weighted by molar-refractivity contribution is 7.80. The molecule has 18 heavy (non-hydrogen) atoms. The Morgan fingerprint density at radius 2 is 1.94 bits per heavy atom. The van der Waals surface area contributed by atoms with Crippen LogP contribution in [0, 0.1) is 10.1 Å². The molecule has 0 unspecified atom stereocenters. The van der Waals surface area contributed by atoms with Gasteiger partial charge in [-0.15, -0.1) is 0 Å². The Balaban J connectivity index is 3.23. The highest BCUT2D eigenvalue weighted by Crippen LogP contribution is 2.17. The van der Waals surface area contributed by atoms with Crippen molar-refractivity contribution in [1.29, 1.82) is 0 Å². The number of non-ortho nitro benzene ring substituents is 1. The van der Waals surface area contributed by atoms with E-state index in [-0.39, 0.29) is 10.7 Å². The van der Waals surface area contributed by atoms with Crippen LogP contribution in [0.2, 0.25) is 0 Å². The van der Waals surface area contributed by atoms with Gasteiger partial charge in [-0.1, -0.05) is 12.2 Å². The Morgan fingerprint density at radius 3 is 2.33 bits per heavy atom. The van der Waals surface area contributed by atoms with Crippen LogP contribution in [0.4, 0.5) is 5.69 Å². The highest BCUT2D eigenvalue weighted by atomic mass is 32.1. The number of nitro benzene ring substituents is 1. The van der Waals surface area contributed by atoms with Gasteiger partial charge in [-0.2, -0.15) is 0 Å². The summed E-state index contributed by atoms with van der Waals surface area (Å²) in [7, 11) is 1.57. The number of rotatable bonds is 4. The summed E-state index contributed by atoms with van der Waals surface area (Å²) in [5.74, 6) is 0. The Kier molecular flexibility index (Phi) is 4.50. The largest absolute Gasteiger partial charge is 0.398 e. The summed E-state index contributed by atoms with van der Waals surface area (Å²) in [6.07, 6.45) is 1.46. The van der Waals surface area contributed by atoms with Crippen molar-refractivity contribution < 1.29 is 4.92 Å². The molecule has 94 valence electrons. The van der Waals surface area contributed by atoms with Gasteiger partial charge in [0.05, 0.1) is 16.2 Å². The van der Waals surface area contributed by atoms with Gasteiger partial charge in [0.2, 0.25) is 0 Å². The van der Waals surface area contributed by atoms with E-state index in [1.54, 1.807) is 7.05 Å².